The Balaban J connectivity index is 2.15. The predicted octanol–water partition coefficient (Wildman–Crippen LogP) is 1.74. The van der Waals surface area contributed by atoms with E-state index >= 15 is 0 Å². The Bertz CT molecular complexity index is 430. The number of rotatable bonds is 3. The summed E-state index contributed by atoms with van der Waals surface area (Å²) in [6, 6.07) is 9.26. The van der Waals surface area contributed by atoms with Crippen LogP contribution in [0.15, 0.2) is 30.3 Å². The van der Waals surface area contributed by atoms with E-state index in [4.69, 9.17) is 4.74 Å². The van der Waals surface area contributed by atoms with Crippen LogP contribution >= 0.6 is 0 Å². The summed E-state index contributed by atoms with van der Waals surface area (Å²) in [5.74, 6) is -0.292. The summed E-state index contributed by atoms with van der Waals surface area (Å²) in [5.41, 5.74) is 1.03. The third-order valence-electron chi connectivity index (χ3n) is 3.23. The van der Waals surface area contributed by atoms with Crippen LogP contribution in [0.2, 0.25) is 0 Å². The maximum atomic E-state index is 11.9. The molecule has 96 valence electrons. The molecule has 0 spiro atoms. The smallest absolute Gasteiger partial charge is 0.328 e. The molecule has 0 radical (unpaired) electrons. The third-order valence-corrected chi connectivity index (χ3v) is 3.23. The first-order chi connectivity index (χ1) is 8.72. The van der Waals surface area contributed by atoms with Crippen LogP contribution in [0.5, 0.6) is 0 Å². The van der Waals surface area contributed by atoms with E-state index < -0.39 is 6.04 Å². The van der Waals surface area contributed by atoms with Crippen LogP contribution in [-0.2, 0) is 20.9 Å². The second-order valence-corrected chi connectivity index (χ2v) is 4.44. The number of piperidine rings is 1. The molecule has 2 rings (SSSR count). The molecule has 1 aliphatic heterocycles. The fraction of sp³-hybridized carbons (Fsp3) is 0.429. The van der Waals surface area contributed by atoms with E-state index in [0.717, 1.165) is 12.0 Å². The molecule has 1 aromatic rings. The van der Waals surface area contributed by atoms with Gasteiger partial charge in [-0.3, -0.25) is 4.79 Å². The molecule has 0 aliphatic carbocycles. The fourth-order valence-electron chi connectivity index (χ4n) is 2.28. The van der Waals surface area contributed by atoms with Crippen molar-refractivity contribution in [2.75, 3.05) is 7.11 Å². The Morgan fingerprint density at radius 1 is 1.39 bits per heavy atom. The van der Waals surface area contributed by atoms with Gasteiger partial charge in [-0.15, -0.1) is 0 Å². The van der Waals surface area contributed by atoms with E-state index in [1.54, 1.807) is 4.90 Å². The summed E-state index contributed by atoms with van der Waals surface area (Å²) in [6.45, 7) is 0.472. The van der Waals surface area contributed by atoms with E-state index in [-0.39, 0.29) is 11.9 Å². The summed E-state index contributed by atoms with van der Waals surface area (Å²) >= 11 is 0. The zero-order valence-corrected chi connectivity index (χ0v) is 10.5. The van der Waals surface area contributed by atoms with Gasteiger partial charge in [-0.25, -0.2) is 4.79 Å². The zero-order chi connectivity index (χ0) is 13.0. The molecule has 1 heterocycles. The molecule has 1 amide bonds. The second kappa shape index (κ2) is 5.67. The first-order valence-electron chi connectivity index (χ1n) is 6.13. The summed E-state index contributed by atoms with van der Waals surface area (Å²) < 4.78 is 4.77. The lowest BCUT2D eigenvalue weighted by Crippen LogP contribution is -2.47. The average Bonchev–Trinajstić information content (AvgIpc) is 2.41. The molecular formula is C14H17NO3. The van der Waals surface area contributed by atoms with Crippen molar-refractivity contribution in [1.29, 1.82) is 0 Å². The minimum atomic E-state index is -0.434. The summed E-state index contributed by atoms with van der Waals surface area (Å²) in [4.78, 5) is 25.3. The second-order valence-electron chi connectivity index (χ2n) is 4.44. The summed E-state index contributed by atoms with van der Waals surface area (Å²) in [6.07, 6.45) is 1.95. The molecule has 1 fully saturated rings. The number of carbonyl (C=O) groups excluding carboxylic acids is 2. The van der Waals surface area contributed by atoms with Crippen LogP contribution in [-0.4, -0.2) is 29.9 Å². The van der Waals surface area contributed by atoms with Gasteiger partial charge in [-0.05, 0) is 18.4 Å². The largest absolute Gasteiger partial charge is 0.467 e. The quantitative estimate of drug-likeness (QED) is 0.764. The number of ether oxygens (including phenoxy) is 1. The number of likely N-dealkylation sites (tertiary alicyclic amines) is 1. The normalized spacial score (nSPS) is 19.7. The molecule has 0 unspecified atom stereocenters. The third kappa shape index (κ3) is 2.70. The highest BCUT2D eigenvalue weighted by Gasteiger charge is 2.33. The van der Waals surface area contributed by atoms with Crippen molar-refractivity contribution in [3.05, 3.63) is 35.9 Å². The highest BCUT2D eigenvalue weighted by Crippen LogP contribution is 2.21. The van der Waals surface area contributed by atoms with Gasteiger partial charge in [0.05, 0.1) is 7.11 Å². The van der Waals surface area contributed by atoms with E-state index in [2.05, 4.69) is 0 Å². The van der Waals surface area contributed by atoms with Gasteiger partial charge in [0.2, 0.25) is 5.91 Å². The van der Waals surface area contributed by atoms with E-state index in [1.165, 1.54) is 7.11 Å². The van der Waals surface area contributed by atoms with Gasteiger partial charge >= 0.3 is 5.97 Å². The highest BCUT2D eigenvalue weighted by atomic mass is 16.5. The molecule has 18 heavy (non-hydrogen) atoms. The van der Waals surface area contributed by atoms with Gasteiger partial charge in [-0.2, -0.15) is 0 Å². The first-order valence-corrected chi connectivity index (χ1v) is 6.13. The van der Waals surface area contributed by atoms with Crippen LogP contribution in [0.1, 0.15) is 24.8 Å². The lowest BCUT2D eigenvalue weighted by atomic mass is 10.0. The van der Waals surface area contributed by atoms with Crippen molar-refractivity contribution in [3.63, 3.8) is 0 Å². The molecule has 0 N–H and O–H groups in total. The number of benzene rings is 1. The zero-order valence-electron chi connectivity index (χ0n) is 10.5. The van der Waals surface area contributed by atoms with Crippen molar-refractivity contribution in [2.24, 2.45) is 0 Å². The van der Waals surface area contributed by atoms with Crippen molar-refractivity contribution >= 4 is 11.9 Å². The average molecular weight is 247 g/mol. The van der Waals surface area contributed by atoms with Gasteiger partial charge in [0.15, 0.2) is 0 Å². The maximum Gasteiger partial charge on any atom is 0.328 e. The lowest BCUT2D eigenvalue weighted by Gasteiger charge is -2.33. The molecule has 0 saturated carbocycles. The van der Waals surface area contributed by atoms with Crippen molar-refractivity contribution < 1.29 is 14.3 Å². The molecule has 1 saturated heterocycles. The van der Waals surface area contributed by atoms with Crippen LogP contribution in [0.4, 0.5) is 0 Å². The molecule has 4 heteroatoms. The highest BCUT2D eigenvalue weighted by molar-refractivity contribution is 5.85. The minimum absolute atomic E-state index is 0.0282. The van der Waals surface area contributed by atoms with Crippen molar-refractivity contribution in [2.45, 2.75) is 31.8 Å². The summed E-state index contributed by atoms with van der Waals surface area (Å²) in [7, 11) is 1.36. The predicted molar refractivity (Wildman–Crippen MR) is 66.6 cm³/mol. The van der Waals surface area contributed by atoms with Crippen LogP contribution in [0.3, 0.4) is 0 Å². The standard InChI is InChI=1S/C14H17NO3/c1-18-14(17)12-8-5-9-13(16)15(12)10-11-6-3-2-4-7-11/h2-4,6-7,12H,5,8-10H2,1H3/t12-/m0/s1. The molecule has 1 aliphatic rings. The van der Waals surface area contributed by atoms with Gasteiger partial charge in [0, 0.05) is 13.0 Å². The number of amides is 1. The molecule has 0 aromatic heterocycles. The number of methoxy groups -OCH3 is 1. The fourth-order valence-corrected chi connectivity index (χ4v) is 2.28. The number of carbonyl (C=O) groups is 2. The lowest BCUT2D eigenvalue weighted by molar-refractivity contribution is -0.156. The molecule has 0 bridgehead atoms. The van der Waals surface area contributed by atoms with Crippen LogP contribution < -0.4 is 0 Å². The maximum absolute atomic E-state index is 11.9. The topological polar surface area (TPSA) is 46.6 Å². The molecule has 1 atom stereocenters. The van der Waals surface area contributed by atoms with Crippen molar-refractivity contribution in [3.8, 4) is 0 Å². The minimum Gasteiger partial charge on any atom is -0.467 e. The summed E-state index contributed by atoms with van der Waals surface area (Å²) in [5, 5.41) is 0. The van der Waals surface area contributed by atoms with Crippen molar-refractivity contribution in [1.82, 2.24) is 4.90 Å². The number of hydrogen-bond acceptors (Lipinski definition) is 3. The Labute approximate surface area is 107 Å². The van der Waals surface area contributed by atoms with E-state index in [0.29, 0.717) is 19.4 Å². The van der Waals surface area contributed by atoms with Gasteiger partial charge in [-0.1, -0.05) is 30.3 Å². The Kier molecular flexibility index (Phi) is 3.97. The SMILES string of the molecule is COC(=O)[C@@H]1CCCC(=O)N1Cc1ccccc1. The van der Waals surface area contributed by atoms with Gasteiger partial charge in [0.1, 0.15) is 6.04 Å². The van der Waals surface area contributed by atoms with E-state index in [1.807, 2.05) is 30.3 Å². The Hall–Kier alpha value is -1.84. The van der Waals surface area contributed by atoms with Crippen LogP contribution in [0.25, 0.3) is 0 Å². The molecule has 1 aromatic carbocycles. The molecule has 4 nitrogen and oxygen atoms in total. The monoisotopic (exact) mass is 247 g/mol. The number of nitrogens with zero attached hydrogens (tertiary/aromatic N) is 1. The Morgan fingerprint density at radius 3 is 2.78 bits per heavy atom. The van der Waals surface area contributed by atoms with Gasteiger partial charge < -0.3 is 9.64 Å². The van der Waals surface area contributed by atoms with Gasteiger partial charge in [0.25, 0.3) is 0 Å². The Morgan fingerprint density at radius 2 is 2.11 bits per heavy atom. The molecular weight excluding hydrogens is 230 g/mol. The first kappa shape index (κ1) is 12.6. The van der Waals surface area contributed by atoms with Crippen LogP contribution in [0, 0.1) is 0 Å². The van der Waals surface area contributed by atoms with E-state index in [9.17, 15) is 9.59 Å². The number of hydrogen-bond donors (Lipinski definition) is 0. The number of esters is 1.